The Morgan fingerprint density at radius 1 is 1.20 bits per heavy atom. The Hall–Kier alpha value is -3.04. The van der Waals surface area contributed by atoms with Crippen LogP contribution in [-0.4, -0.2) is 46.5 Å². The van der Waals surface area contributed by atoms with Crippen molar-refractivity contribution in [3.63, 3.8) is 0 Å². The summed E-state index contributed by atoms with van der Waals surface area (Å²) in [5.74, 6) is -0.794. The highest BCUT2D eigenvalue weighted by Gasteiger charge is 2.21. The van der Waals surface area contributed by atoms with E-state index in [1.807, 2.05) is 19.1 Å². The van der Waals surface area contributed by atoms with Crippen LogP contribution in [0.4, 0.5) is 15.8 Å². The van der Waals surface area contributed by atoms with E-state index in [0.29, 0.717) is 22.5 Å². The van der Waals surface area contributed by atoms with Gasteiger partial charge in [0, 0.05) is 44.6 Å². The molecule has 0 atom stereocenters. The lowest BCUT2D eigenvalue weighted by atomic mass is 10.1. The Balaban J connectivity index is 1.51. The Kier molecular flexibility index (Phi) is 4.63. The third-order valence-corrected chi connectivity index (χ3v) is 6.21. The van der Waals surface area contributed by atoms with E-state index in [1.165, 1.54) is 6.07 Å². The van der Waals surface area contributed by atoms with E-state index in [4.69, 9.17) is 0 Å². The SMILES string of the molecule is Cc1cn2cc(NC(=O)c3ccc(N4CCNCC4)c4sc(C)nc34)cc(F)c2n1. The standard InChI is InChI=1S/C21H21FN6OS/c1-12-10-28-11-14(9-16(22)20(28)24-12)26-21(29)15-3-4-17(27-7-5-23-6-8-27)19-18(15)25-13(2)30-19/h3-4,9-11,23H,5-8H2,1-2H3,(H,26,29). The quantitative estimate of drug-likeness (QED) is 0.528. The molecule has 4 heterocycles. The molecule has 1 fully saturated rings. The number of hydrogen-bond donors (Lipinski definition) is 2. The largest absolute Gasteiger partial charge is 0.368 e. The lowest BCUT2D eigenvalue weighted by Crippen LogP contribution is -2.43. The summed E-state index contributed by atoms with van der Waals surface area (Å²) in [7, 11) is 0. The second-order valence-corrected chi connectivity index (χ2v) is 8.63. The van der Waals surface area contributed by atoms with Crippen molar-refractivity contribution in [3.05, 3.63) is 52.7 Å². The first-order valence-corrected chi connectivity index (χ1v) is 10.6. The number of carbonyl (C=O) groups excluding carboxylic acids is 1. The number of piperazine rings is 1. The molecule has 0 bridgehead atoms. The van der Waals surface area contributed by atoms with Crippen LogP contribution in [0.1, 0.15) is 21.1 Å². The molecule has 9 heteroatoms. The minimum atomic E-state index is -0.482. The zero-order valence-corrected chi connectivity index (χ0v) is 17.5. The minimum absolute atomic E-state index is 0.239. The van der Waals surface area contributed by atoms with Crippen LogP contribution in [0.5, 0.6) is 0 Å². The van der Waals surface area contributed by atoms with Gasteiger partial charge in [0.15, 0.2) is 11.5 Å². The lowest BCUT2D eigenvalue weighted by molar-refractivity contribution is 0.102. The molecule has 0 radical (unpaired) electrons. The Morgan fingerprint density at radius 3 is 2.80 bits per heavy atom. The number of pyridine rings is 1. The summed E-state index contributed by atoms with van der Waals surface area (Å²) in [6, 6.07) is 5.09. The summed E-state index contributed by atoms with van der Waals surface area (Å²) >= 11 is 1.59. The highest BCUT2D eigenvalue weighted by atomic mass is 32.1. The maximum Gasteiger partial charge on any atom is 0.257 e. The number of halogens is 1. The van der Waals surface area contributed by atoms with E-state index in [0.717, 1.165) is 41.6 Å². The van der Waals surface area contributed by atoms with Gasteiger partial charge in [-0.15, -0.1) is 11.3 Å². The normalized spacial score (nSPS) is 14.6. The molecule has 0 spiro atoms. The average molecular weight is 425 g/mol. The fourth-order valence-electron chi connectivity index (χ4n) is 3.88. The van der Waals surface area contributed by atoms with Crippen molar-refractivity contribution >= 4 is 44.5 Å². The van der Waals surface area contributed by atoms with Gasteiger partial charge in [-0.3, -0.25) is 4.79 Å². The zero-order valence-electron chi connectivity index (χ0n) is 16.7. The predicted molar refractivity (Wildman–Crippen MR) is 117 cm³/mol. The second-order valence-electron chi connectivity index (χ2n) is 7.42. The lowest BCUT2D eigenvalue weighted by Gasteiger charge is -2.29. The van der Waals surface area contributed by atoms with Gasteiger partial charge in [-0.05, 0) is 26.0 Å². The van der Waals surface area contributed by atoms with Crippen molar-refractivity contribution in [1.29, 1.82) is 0 Å². The number of amides is 1. The van der Waals surface area contributed by atoms with Gasteiger partial charge < -0.3 is 19.9 Å². The number of rotatable bonds is 3. The molecule has 5 rings (SSSR count). The van der Waals surface area contributed by atoms with Crippen LogP contribution in [0.15, 0.2) is 30.6 Å². The van der Waals surface area contributed by atoms with Crippen LogP contribution in [0.2, 0.25) is 0 Å². The number of hydrogen-bond acceptors (Lipinski definition) is 6. The van der Waals surface area contributed by atoms with Gasteiger partial charge in [0.25, 0.3) is 5.91 Å². The molecule has 1 aliphatic heterocycles. The van der Waals surface area contributed by atoms with Crippen LogP contribution in [0.3, 0.4) is 0 Å². The maximum atomic E-state index is 14.4. The first-order valence-electron chi connectivity index (χ1n) is 9.81. The third-order valence-electron chi connectivity index (χ3n) is 5.22. The molecule has 154 valence electrons. The monoisotopic (exact) mass is 424 g/mol. The molecule has 0 unspecified atom stereocenters. The van der Waals surface area contributed by atoms with Crippen molar-refractivity contribution in [2.45, 2.75) is 13.8 Å². The number of imidazole rings is 1. The van der Waals surface area contributed by atoms with Gasteiger partial charge in [-0.1, -0.05) is 0 Å². The molecule has 7 nitrogen and oxygen atoms in total. The molecule has 0 aliphatic carbocycles. The molecule has 1 aliphatic rings. The Morgan fingerprint density at radius 2 is 2.00 bits per heavy atom. The van der Waals surface area contributed by atoms with Crippen LogP contribution in [0, 0.1) is 19.7 Å². The number of fused-ring (bicyclic) bond motifs is 2. The van der Waals surface area contributed by atoms with Gasteiger partial charge >= 0.3 is 0 Å². The molecule has 4 aromatic rings. The van der Waals surface area contributed by atoms with Crippen LogP contribution in [-0.2, 0) is 0 Å². The number of aromatic nitrogens is 3. The number of thiazole rings is 1. The highest BCUT2D eigenvalue weighted by Crippen LogP contribution is 2.34. The Labute approximate surface area is 176 Å². The number of carbonyl (C=O) groups is 1. The van der Waals surface area contributed by atoms with E-state index < -0.39 is 5.82 Å². The van der Waals surface area contributed by atoms with Gasteiger partial charge in [0.1, 0.15) is 0 Å². The minimum Gasteiger partial charge on any atom is -0.368 e. The van der Waals surface area contributed by atoms with E-state index in [-0.39, 0.29) is 11.6 Å². The molecule has 1 saturated heterocycles. The number of anilines is 2. The fourth-order valence-corrected chi connectivity index (χ4v) is 4.87. The number of nitrogens with one attached hydrogen (secondary N) is 2. The number of aryl methyl sites for hydroxylation is 2. The summed E-state index contributed by atoms with van der Waals surface area (Å²) < 4.78 is 17.0. The van der Waals surface area contributed by atoms with Crippen molar-refractivity contribution in [3.8, 4) is 0 Å². The van der Waals surface area contributed by atoms with Crippen LogP contribution < -0.4 is 15.5 Å². The molecule has 3 aromatic heterocycles. The van der Waals surface area contributed by atoms with Crippen LogP contribution >= 0.6 is 11.3 Å². The van der Waals surface area contributed by atoms with Gasteiger partial charge in [0.05, 0.1) is 37.9 Å². The first-order chi connectivity index (χ1) is 14.5. The predicted octanol–water partition coefficient (Wildman–Crippen LogP) is 3.36. The summed E-state index contributed by atoms with van der Waals surface area (Å²) in [4.78, 5) is 24.2. The Bertz CT molecular complexity index is 1270. The van der Waals surface area contributed by atoms with Crippen molar-refractivity contribution in [2.75, 3.05) is 36.4 Å². The summed E-state index contributed by atoms with van der Waals surface area (Å²) in [5, 5.41) is 7.08. The van der Waals surface area contributed by atoms with Crippen LogP contribution in [0.25, 0.3) is 15.9 Å². The highest BCUT2D eigenvalue weighted by molar-refractivity contribution is 7.19. The van der Waals surface area contributed by atoms with Crippen molar-refractivity contribution in [2.24, 2.45) is 0 Å². The first kappa shape index (κ1) is 19.0. The number of benzene rings is 1. The maximum absolute atomic E-state index is 14.4. The molecular weight excluding hydrogens is 403 g/mol. The summed E-state index contributed by atoms with van der Waals surface area (Å²) in [5.41, 5.74) is 3.59. The molecule has 1 aromatic carbocycles. The van der Waals surface area contributed by atoms with E-state index >= 15 is 0 Å². The summed E-state index contributed by atoms with van der Waals surface area (Å²) in [6.07, 6.45) is 3.38. The summed E-state index contributed by atoms with van der Waals surface area (Å²) in [6.45, 7) is 7.44. The second kappa shape index (κ2) is 7.33. The average Bonchev–Trinajstić information content (AvgIpc) is 3.29. The van der Waals surface area contributed by atoms with Crippen molar-refractivity contribution < 1.29 is 9.18 Å². The van der Waals surface area contributed by atoms with Gasteiger partial charge in [-0.2, -0.15) is 0 Å². The molecule has 30 heavy (non-hydrogen) atoms. The van der Waals surface area contributed by atoms with E-state index in [2.05, 4.69) is 25.5 Å². The molecule has 2 N–H and O–H groups in total. The molecule has 0 saturated carbocycles. The third kappa shape index (κ3) is 3.29. The van der Waals surface area contributed by atoms with Gasteiger partial charge in [-0.25, -0.2) is 14.4 Å². The van der Waals surface area contributed by atoms with Crippen molar-refractivity contribution in [1.82, 2.24) is 19.7 Å². The zero-order chi connectivity index (χ0) is 20.8. The topological polar surface area (TPSA) is 74.6 Å². The smallest absolute Gasteiger partial charge is 0.257 e. The van der Waals surface area contributed by atoms with E-state index in [1.54, 1.807) is 35.1 Å². The van der Waals surface area contributed by atoms with E-state index in [9.17, 15) is 9.18 Å². The molecule has 1 amide bonds. The number of nitrogens with zero attached hydrogens (tertiary/aromatic N) is 4. The molecular formula is C21H21FN6OS. The fraction of sp³-hybridized carbons (Fsp3) is 0.286. The van der Waals surface area contributed by atoms with Gasteiger partial charge in [0.2, 0.25) is 0 Å².